The van der Waals surface area contributed by atoms with Crippen LogP contribution in [0, 0.1) is 5.92 Å². The Morgan fingerprint density at radius 3 is 2.90 bits per heavy atom. The van der Waals surface area contributed by atoms with E-state index in [0.717, 1.165) is 18.5 Å². The number of benzene rings is 1. The van der Waals surface area contributed by atoms with Crippen molar-refractivity contribution >= 4 is 28.1 Å². The van der Waals surface area contributed by atoms with Gasteiger partial charge in [0.05, 0.1) is 5.69 Å². The molecule has 1 aliphatic carbocycles. The number of aryl methyl sites for hydroxylation is 1. The van der Waals surface area contributed by atoms with Crippen molar-refractivity contribution in [3.63, 3.8) is 0 Å². The van der Waals surface area contributed by atoms with Gasteiger partial charge in [-0.15, -0.1) is 11.3 Å². The first-order valence-corrected chi connectivity index (χ1v) is 7.59. The Kier molecular flexibility index (Phi) is 3.44. The second kappa shape index (κ2) is 5.25. The fourth-order valence-corrected chi connectivity index (χ4v) is 3.56. The number of nitrogens with two attached hydrogens (primary N) is 1. The molecule has 0 spiro atoms. The number of hydrogen-bond donors (Lipinski definition) is 2. The molecule has 4 nitrogen and oxygen atoms in total. The lowest BCUT2D eigenvalue weighted by molar-refractivity contribution is 0.102. The van der Waals surface area contributed by atoms with Crippen LogP contribution < -0.4 is 11.1 Å². The third-order valence-electron chi connectivity index (χ3n) is 3.58. The summed E-state index contributed by atoms with van der Waals surface area (Å²) in [5, 5.41) is 3.58. The van der Waals surface area contributed by atoms with Gasteiger partial charge in [0.15, 0.2) is 5.13 Å². The molecule has 0 aliphatic heterocycles. The molecular formula is C15H17N3OS. The molecular weight excluding hydrogens is 270 g/mol. The van der Waals surface area contributed by atoms with Gasteiger partial charge in [-0.05, 0) is 49.4 Å². The molecule has 1 aromatic heterocycles. The van der Waals surface area contributed by atoms with Crippen LogP contribution in [0.2, 0.25) is 0 Å². The van der Waals surface area contributed by atoms with Crippen LogP contribution in [0.5, 0.6) is 0 Å². The lowest BCUT2D eigenvalue weighted by Crippen LogP contribution is -2.12. The highest BCUT2D eigenvalue weighted by Crippen LogP contribution is 2.32. The SMILES string of the molecule is CC1CCc2nc(NC(=O)c3ccc(N)cc3)sc2C1. The molecule has 1 atom stereocenters. The molecule has 0 saturated heterocycles. The zero-order chi connectivity index (χ0) is 14.1. The molecule has 5 heteroatoms. The van der Waals surface area contributed by atoms with Crippen LogP contribution >= 0.6 is 11.3 Å². The lowest BCUT2D eigenvalue weighted by atomic mass is 9.93. The van der Waals surface area contributed by atoms with Crippen LogP contribution in [0.25, 0.3) is 0 Å². The van der Waals surface area contributed by atoms with Crippen molar-refractivity contribution in [1.29, 1.82) is 0 Å². The van der Waals surface area contributed by atoms with Crippen molar-refractivity contribution in [1.82, 2.24) is 4.98 Å². The van der Waals surface area contributed by atoms with Crippen LogP contribution in [-0.2, 0) is 12.8 Å². The number of nitrogens with zero attached hydrogens (tertiary/aromatic N) is 1. The first-order chi connectivity index (χ1) is 9.61. The fraction of sp³-hybridized carbons (Fsp3) is 0.333. The summed E-state index contributed by atoms with van der Waals surface area (Å²) in [4.78, 5) is 18.0. The smallest absolute Gasteiger partial charge is 0.257 e. The quantitative estimate of drug-likeness (QED) is 0.834. The maximum absolute atomic E-state index is 12.1. The van der Waals surface area contributed by atoms with Crippen molar-refractivity contribution in [2.45, 2.75) is 26.2 Å². The van der Waals surface area contributed by atoms with Crippen LogP contribution in [0.1, 0.15) is 34.3 Å². The molecule has 1 aliphatic rings. The Bertz CT molecular complexity index is 633. The van der Waals surface area contributed by atoms with Crippen molar-refractivity contribution in [2.24, 2.45) is 5.92 Å². The minimum Gasteiger partial charge on any atom is -0.399 e. The van der Waals surface area contributed by atoms with E-state index in [1.54, 1.807) is 35.6 Å². The summed E-state index contributed by atoms with van der Waals surface area (Å²) in [7, 11) is 0. The van der Waals surface area contributed by atoms with Crippen LogP contribution in [-0.4, -0.2) is 10.9 Å². The largest absolute Gasteiger partial charge is 0.399 e. The Morgan fingerprint density at radius 2 is 2.15 bits per heavy atom. The zero-order valence-corrected chi connectivity index (χ0v) is 12.2. The van der Waals surface area contributed by atoms with Crippen LogP contribution in [0.15, 0.2) is 24.3 Å². The summed E-state index contributed by atoms with van der Waals surface area (Å²) >= 11 is 1.60. The molecule has 3 N–H and O–H groups in total. The normalized spacial score (nSPS) is 17.6. The number of fused-ring (bicyclic) bond motifs is 1. The van der Waals surface area contributed by atoms with E-state index < -0.39 is 0 Å². The summed E-state index contributed by atoms with van der Waals surface area (Å²) in [6.07, 6.45) is 3.28. The monoisotopic (exact) mass is 287 g/mol. The first kappa shape index (κ1) is 13.1. The maximum atomic E-state index is 12.1. The van der Waals surface area contributed by atoms with Gasteiger partial charge in [0.1, 0.15) is 0 Å². The Hall–Kier alpha value is -1.88. The number of aromatic nitrogens is 1. The van der Waals surface area contributed by atoms with Gasteiger partial charge in [-0.3, -0.25) is 10.1 Å². The van der Waals surface area contributed by atoms with Crippen molar-refractivity contribution in [3.8, 4) is 0 Å². The second-order valence-electron chi connectivity index (χ2n) is 5.31. The topological polar surface area (TPSA) is 68.0 Å². The fourth-order valence-electron chi connectivity index (χ4n) is 2.40. The van der Waals surface area contributed by atoms with Gasteiger partial charge in [0.25, 0.3) is 5.91 Å². The van der Waals surface area contributed by atoms with Gasteiger partial charge in [0.2, 0.25) is 0 Å². The number of nitrogens with one attached hydrogen (secondary N) is 1. The number of rotatable bonds is 2. The van der Waals surface area contributed by atoms with Gasteiger partial charge in [-0.2, -0.15) is 0 Å². The molecule has 20 heavy (non-hydrogen) atoms. The average molecular weight is 287 g/mol. The molecule has 0 saturated carbocycles. The Morgan fingerprint density at radius 1 is 1.40 bits per heavy atom. The van der Waals surface area contributed by atoms with E-state index in [9.17, 15) is 4.79 Å². The lowest BCUT2D eigenvalue weighted by Gasteiger charge is -2.15. The van der Waals surface area contributed by atoms with Gasteiger partial charge in [-0.1, -0.05) is 6.92 Å². The summed E-state index contributed by atoms with van der Waals surface area (Å²) in [6.45, 7) is 2.26. The van der Waals surface area contributed by atoms with E-state index in [1.807, 2.05) is 0 Å². The predicted molar refractivity (Wildman–Crippen MR) is 82.1 cm³/mol. The van der Waals surface area contributed by atoms with E-state index in [4.69, 9.17) is 5.73 Å². The highest BCUT2D eigenvalue weighted by molar-refractivity contribution is 7.15. The van der Waals surface area contributed by atoms with Gasteiger partial charge in [-0.25, -0.2) is 4.98 Å². The third-order valence-corrected chi connectivity index (χ3v) is 4.61. The second-order valence-corrected chi connectivity index (χ2v) is 6.40. The van der Waals surface area contributed by atoms with Gasteiger partial charge >= 0.3 is 0 Å². The molecule has 1 amide bonds. The predicted octanol–water partition coefficient (Wildman–Crippen LogP) is 3.10. The standard InChI is InChI=1S/C15H17N3OS/c1-9-2-7-12-13(8-9)20-15(17-12)18-14(19)10-3-5-11(16)6-4-10/h3-6,9H,2,7-8,16H2,1H3,(H,17,18,19). The number of thiazole rings is 1. The highest BCUT2D eigenvalue weighted by atomic mass is 32.1. The molecule has 2 aromatic rings. The summed E-state index contributed by atoms with van der Waals surface area (Å²) in [5.41, 5.74) is 8.02. The van der Waals surface area contributed by atoms with E-state index in [2.05, 4.69) is 17.2 Å². The number of carbonyl (C=O) groups is 1. The molecule has 0 bridgehead atoms. The molecule has 3 rings (SSSR count). The summed E-state index contributed by atoms with van der Waals surface area (Å²) in [5.74, 6) is 0.577. The highest BCUT2D eigenvalue weighted by Gasteiger charge is 2.20. The number of anilines is 2. The Balaban J connectivity index is 1.75. The summed E-state index contributed by atoms with van der Waals surface area (Å²) < 4.78 is 0. The first-order valence-electron chi connectivity index (χ1n) is 6.77. The number of amides is 1. The van der Waals surface area contributed by atoms with E-state index in [1.165, 1.54) is 11.3 Å². The molecule has 104 valence electrons. The van der Waals surface area contributed by atoms with E-state index in [0.29, 0.717) is 22.3 Å². The zero-order valence-electron chi connectivity index (χ0n) is 11.3. The number of hydrogen-bond acceptors (Lipinski definition) is 4. The van der Waals surface area contributed by atoms with Crippen LogP contribution in [0.3, 0.4) is 0 Å². The van der Waals surface area contributed by atoms with Gasteiger partial charge < -0.3 is 5.73 Å². The minimum absolute atomic E-state index is 0.135. The van der Waals surface area contributed by atoms with Crippen molar-refractivity contribution in [2.75, 3.05) is 11.1 Å². The van der Waals surface area contributed by atoms with Gasteiger partial charge in [0, 0.05) is 16.1 Å². The van der Waals surface area contributed by atoms with Crippen LogP contribution in [0.4, 0.5) is 10.8 Å². The van der Waals surface area contributed by atoms with Crippen molar-refractivity contribution < 1.29 is 4.79 Å². The third kappa shape index (κ3) is 2.67. The number of nitrogen functional groups attached to an aromatic ring is 1. The molecule has 1 aromatic carbocycles. The molecule has 0 fully saturated rings. The molecule has 1 heterocycles. The maximum Gasteiger partial charge on any atom is 0.257 e. The summed E-state index contributed by atoms with van der Waals surface area (Å²) in [6, 6.07) is 6.90. The average Bonchev–Trinajstić information content (AvgIpc) is 2.80. The Labute approximate surface area is 122 Å². The number of carbonyl (C=O) groups excluding carboxylic acids is 1. The molecule has 1 unspecified atom stereocenters. The van der Waals surface area contributed by atoms with E-state index in [-0.39, 0.29) is 5.91 Å². The molecule has 0 radical (unpaired) electrons. The van der Waals surface area contributed by atoms with Crippen molar-refractivity contribution in [3.05, 3.63) is 40.4 Å². The van der Waals surface area contributed by atoms with E-state index >= 15 is 0 Å². The minimum atomic E-state index is -0.135.